The van der Waals surface area contributed by atoms with Gasteiger partial charge >= 0.3 is 0 Å². The van der Waals surface area contributed by atoms with Crippen LogP contribution in [0.15, 0.2) is 63.5 Å². The molecule has 4 nitrogen and oxygen atoms in total. The Bertz CT molecular complexity index is 952. The molecule has 0 saturated heterocycles. The first-order valence-electron chi connectivity index (χ1n) is 8.33. The van der Waals surface area contributed by atoms with Crippen molar-refractivity contribution in [3.8, 4) is 17.0 Å². The summed E-state index contributed by atoms with van der Waals surface area (Å²) in [5.74, 6) is 0.863. The van der Waals surface area contributed by atoms with Crippen LogP contribution in [0.2, 0.25) is 0 Å². The van der Waals surface area contributed by atoms with Crippen LogP contribution in [0.3, 0.4) is 0 Å². The Hall–Kier alpha value is -2.18. The van der Waals surface area contributed by atoms with Gasteiger partial charge in [0, 0.05) is 27.5 Å². The number of anilines is 1. The maximum Gasteiger partial charge on any atom is 0.207 e. The zero-order chi connectivity index (χ0) is 18.1. The number of benzene rings is 2. The first-order chi connectivity index (χ1) is 12.6. The molecule has 0 unspecified atom stereocenters. The SMILES string of the molecule is COc1ccc([C@H]2CC(C)=NN2c2nc(-c3cccc(Br)c3)cs2)cc1. The summed E-state index contributed by atoms with van der Waals surface area (Å²) in [7, 11) is 1.68. The van der Waals surface area contributed by atoms with Gasteiger partial charge in [-0.15, -0.1) is 11.3 Å². The lowest BCUT2D eigenvalue weighted by Crippen LogP contribution is -2.18. The molecular weight excluding hydrogens is 410 g/mol. The number of rotatable bonds is 4. The van der Waals surface area contributed by atoms with E-state index in [1.807, 2.05) is 29.3 Å². The maximum atomic E-state index is 5.27. The third-order valence-corrected chi connectivity index (χ3v) is 5.69. The van der Waals surface area contributed by atoms with Gasteiger partial charge in [0.15, 0.2) is 0 Å². The van der Waals surface area contributed by atoms with Crippen molar-refractivity contribution in [2.45, 2.75) is 19.4 Å². The van der Waals surface area contributed by atoms with E-state index < -0.39 is 0 Å². The molecular formula is C20H18BrN3OS. The molecule has 0 radical (unpaired) electrons. The molecule has 6 heteroatoms. The number of thiazole rings is 1. The molecule has 3 aromatic rings. The highest BCUT2D eigenvalue weighted by Gasteiger charge is 2.29. The quantitative estimate of drug-likeness (QED) is 0.519. The van der Waals surface area contributed by atoms with Crippen LogP contribution in [0.4, 0.5) is 5.13 Å². The molecule has 0 aliphatic carbocycles. The van der Waals surface area contributed by atoms with Crippen molar-refractivity contribution in [1.82, 2.24) is 4.98 Å². The predicted molar refractivity (Wildman–Crippen MR) is 111 cm³/mol. The van der Waals surface area contributed by atoms with Crippen LogP contribution in [0.1, 0.15) is 24.9 Å². The van der Waals surface area contributed by atoms with Crippen LogP contribution in [0.5, 0.6) is 5.75 Å². The van der Waals surface area contributed by atoms with Gasteiger partial charge in [-0.25, -0.2) is 9.99 Å². The third-order valence-electron chi connectivity index (χ3n) is 4.37. The molecule has 0 saturated carbocycles. The monoisotopic (exact) mass is 427 g/mol. The first-order valence-corrected chi connectivity index (χ1v) is 10.00. The number of methoxy groups -OCH3 is 1. The summed E-state index contributed by atoms with van der Waals surface area (Å²) in [6.07, 6.45) is 0.901. The van der Waals surface area contributed by atoms with Crippen molar-refractivity contribution in [3.63, 3.8) is 0 Å². The van der Waals surface area contributed by atoms with Crippen molar-refractivity contribution in [3.05, 3.63) is 63.9 Å². The molecule has 26 heavy (non-hydrogen) atoms. The predicted octanol–water partition coefficient (Wildman–Crippen LogP) is 5.91. The molecule has 1 aliphatic rings. The fourth-order valence-corrected chi connectivity index (χ4v) is 4.30. The summed E-state index contributed by atoms with van der Waals surface area (Å²) >= 11 is 5.15. The zero-order valence-electron chi connectivity index (χ0n) is 14.5. The summed E-state index contributed by atoms with van der Waals surface area (Å²) < 4.78 is 6.32. The van der Waals surface area contributed by atoms with Crippen LogP contribution >= 0.6 is 27.3 Å². The minimum atomic E-state index is 0.169. The summed E-state index contributed by atoms with van der Waals surface area (Å²) in [6, 6.07) is 16.6. The van der Waals surface area contributed by atoms with Gasteiger partial charge in [-0.3, -0.25) is 0 Å². The van der Waals surface area contributed by atoms with Gasteiger partial charge in [-0.1, -0.05) is 40.2 Å². The number of ether oxygens (including phenoxy) is 1. The normalized spacial score (nSPS) is 16.7. The second kappa shape index (κ2) is 7.21. The van der Waals surface area contributed by atoms with Crippen LogP contribution < -0.4 is 9.75 Å². The van der Waals surface area contributed by atoms with E-state index in [2.05, 4.69) is 52.5 Å². The largest absolute Gasteiger partial charge is 0.497 e. The summed E-state index contributed by atoms with van der Waals surface area (Å²) in [5.41, 5.74) is 4.40. The molecule has 0 N–H and O–H groups in total. The van der Waals surface area contributed by atoms with Gasteiger partial charge in [-0.2, -0.15) is 5.10 Å². The summed E-state index contributed by atoms with van der Waals surface area (Å²) in [5, 5.41) is 9.79. The van der Waals surface area contributed by atoms with E-state index in [1.54, 1.807) is 18.4 Å². The van der Waals surface area contributed by atoms with Gasteiger partial charge in [0.2, 0.25) is 5.13 Å². The van der Waals surface area contributed by atoms with Crippen LogP contribution in [0.25, 0.3) is 11.3 Å². The Morgan fingerprint density at radius 2 is 2.00 bits per heavy atom. The number of hydrazone groups is 1. The van der Waals surface area contributed by atoms with Crippen molar-refractivity contribution in [1.29, 1.82) is 0 Å². The lowest BCUT2D eigenvalue weighted by atomic mass is 10.0. The molecule has 1 aliphatic heterocycles. The van der Waals surface area contributed by atoms with E-state index >= 15 is 0 Å². The van der Waals surface area contributed by atoms with E-state index in [4.69, 9.17) is 14.8 Å². The number of aromatic nitrogens is 1. The second-order valence-electron chi connectivity index (χ2n) is 6.20. The van der Waals surface area contributed by atoms with Crippen LogP contribution in [0, 0.1) is 0 Å². The minimum Gasteiger partial charge on any atom is -0.497 e. The molecule has 0 fully saturated rings. The fourth-order valence-electron chi connectivity index (χ4n) is 3.07. The van der Waals surface area contributed by atoms with E-state index in [0.717, 1.165) is 38.7 Å². The fraction of sp³-hybridized carbons (Fsp3) is 0.200. The average Bonchev–Trinajstić information content (AvgIpc) is 3.28. The van der Waals surface area contributed by atoms with E-state index in [9.17, 15) is 0 Å². The molecule has 2 heterocycles. The van der Waals surface area contributed by atoms with Gasteiger partial charge in [0.1, 0.15) is 5.75 Å². The molecule has 0 spiro atoms. The maximum absolute atomic E-state index is 5.27. The highest BCUT2D eigenvalue weighted by Crippen LogP contribution is 2.38. The van der Waals surface area contributed by atoms with Crippen LogP contribution in [-0.4, -0.2) is 17.8 Å². The number of halogens is 1. The highest BCUT2D eigenvalue weighted by molar-refractivity contribution is 9.10. The molecule has 1 atom stereocenters. The standard InChI is InChI=1S/C20H18BrN3OS/c1-13-10-19(14-6-8-17(25-2)9-7-14)24(23-13)20-22-18(12-26-20)15-4-3-5-16(21)11-15/h3-9,11-12,19H,10H2,1-2H3/t19-/m1/s1. The Balaban J connectivity index is 1.64. The van der Waals surface area contributed by atoms with Crippen molar-refractivity contribution >= 4 is 38.1 Å². The lowest BCUT2D eigenvalue weighted by molar-refractivity contribution is 0.414. The van der Waals surface area contributed by atoms with E-state index in [1.165, 1.54) is 5.56 Å². The van der Waals surface area contributed by atoms with Gasteiger partial charge in [-0.05, 0) is 36.8 Å². The highest BCUT2D eigenvalue weighted by atomic mass is 79.9. The number of nitrogens with zero attached hydrogens (tertiary/aromatic N) is 3. The van der Waals surface area contributed by atoms with Crippen molar-refractivity contribution in [2.75, 3.05) is 12.1 Å². The van der Waals surface area contributed by atoms with Crippen molar-refractivity contribution < 1.29 is 4.74 Å². The topological polar surface area (TPSA) is 37.7 Å². The minimum absolute atomic E-state index is 0.169. The zero-order valence-corrected chi connectivity index (χ0v) is 16.9. The first kappa shape index (κ1) is 17.2. The Morgan fingerprint density at radius 1 is 1.19 bits per heavy atom. The van der Waals surface area contributed by atoms with Gasteiger partial charge in [0.05, 0.1) is 18.8 Å². The number of hydrogen-bond donors (Lipinski definition) is 0. The average molecular weight is 428 g/mol. The molecule has 1 aromatic heterocycles. The molecule has 4 rings (SSSR count). The Labute approximate surface area is 165 Å². The Morgan fingerprint density at radius 3 is 2.73 bits per heavy atom. The van der Waals surface area contributed by atoms with E-state index in [0.29, 0.717) is 0 Å². The molecule has 2 aromatic carbocycles. The summed E-state index contributed by atoms with van der Waals surface area (Å²) in [4.78, 5) is 4.84. The molecule has 0 amide bonds. The van der Waals surface area contributed by atoms with Gasteiger partial charge < -0.3 is 4.74 Å². The second-order valence-corrected chi connectivity index (χ2v) is 7.95. The summed E-state index contributed by atoms with van der Waals surface area (Å²) in [6.45, 7) is 2.07. The lowest BCUT2D eigenvalue weighted by Gasteiger charge is -2.21. The van der Waals surface area contributed by atoms with Gasteiger partial charge in [0.25, 0.3) is 0 Å². The smallest absolute Gasteiger partial charge is 0.207 e. The van der Waals surface area contributed by atoms with E-state index in [-0.39, 0.29) is 6.04 Å². The molecule has 0 bridgehead atoms. The Kier molecular flexibility index (Phi) is 4.78. The molecule has 132 valence electrons. The third kappa shape index (κ3) is 3.39. The van der Waals surface area contributed by atoms with Crippen LogP contribution in [-0.2, 0) is 0 Å². The number of hydrogen-bond acceptors (Lipinski definition) is 5. The van der Waals surface area contributed by atoms with Crippen molar-refractivity contribution in [2.24, 2.45) is 5.10 Å².